The van der Waals surface area contributed by atoms with Gasteiger partial charge in [0.15, 0.2) is 0 Å². The Balaban J connectivity index is 2.67. The van der Waals surface area contributed by atoms with Crippen LogP contribution in [0.2, 0.25) is 0 Å². The minimum absolute atomic E-state index is 0.568. The Morgan fingerprint density at radius 1 is 1.25 bits per heavy atom. The van der Waals surface area contributed by atoms with Gasteiger partial charge in [0, 0.05) is 11.9 Å². The summed E-state index contributed by atoms with van der Waals surface area (Å²) >= 11 is 0. The quantitative estimate of drug-likeness (QED) is 0.677. The Kier molecular flexibility index (Phi) is 1.72. The largest absolute Gasteiger partial charge is 0.326 e. The molecule has 0 aliphatic carbocycles. The molecule has 1 aromatic heterocycles. The van der Waals surface area contributed by atoms with E-state index < -0.39 is 0 Å². The molecule has 0 bridgehead atoms. The maximum atomic E-state index is 5.50. The van der Waals surface area contributed by atoms with Gasteiger partial charge >= 0.3 is 0 Å². The number of nitrogens with two attached hydrogens (primary N) is 1. The lowest BCUT2D eigenvalue weighted by Crippen LogP contribution is -1.95. The number of aromatic nitrogens is 2. The monoisotopic (exact) mass is 159 g/mol. The summed E-state index contributed by atoms with van der Waals surface area (Å²) in [6, 6.07) is 7.87. The number of benzene rings is 1. The molecule has 0 saturated carbocycles. The molecule has 0 saturated heterocycles. The Morgan fingerprint density at radius 3 is 3.00 bits per heavy atom. The molecule has 1 aromatic carbocycles. The van der Waals surface area contributed by atoms with Crippen LogP contribution < -0.4 is 5.73 Å². The first-order chi connectivity index (χ1) is 5.90. The van der Waals surface area contributed by atoms with Gasteiger partial charge in [0.05, 0.1) is 11.7 Å². The van der Waals surface area contributed by atoms with Crippen LogP contribution in [0.1, 0.15) is 5.56 Å². The molecule has 60 valence electrons. The van der Waals surface area contributed by atoms with Crippen molar-refractivity contribution in [1.29, 1.82) is 0 Å². The van der Waals surface area contributed by atoms with Gasteiger partial charge in [0.1, 0.15) is 0 Å². The van der Waals surface area contributed by atoms with Crippen LogP contribution in [0.25, 0.3) is 10.9 Å². The van der Waals surface area contributed by atoms with Crippen LogP contribution in [0.4, 0.5) is 0 Å². The molecule has 12 heavy (non-hydrogen) atoms. The van der Waals surface area contributed by atoms with Gasteiger partial charge in [-0.15, -0.1) is 0 Å². The standard InChI is InChI=1S/C9H9N3/c10-6-7-1-2-9-8(5-7)3-4-11-12-9/h1-5H,6,10H2. The first kappa shape index (κ1) is 7.18. The van der Waals surface area contributed by atoms with Crippen LogP contribution >= 0.6 is 0 Å². The predicted molar refractivity (Wildman–Crippen MR) is 47.4 cm³/mol. The van der Waals surface area contributed by atoms with E-state index in [4.69, 9.17) is 5.73 Å². The Labute approximate surface area is 70.2 Å². The van der Waals surface area contributed by atoms with Crippen molar-refractivity contribution >= 4 is 10.9 Å². The van der Waals surface area contributed by atoms with E-state index in [0.717, 1.165) is 16.5 Å². The molecule has 0 aliphatic rings. The van der Waals surface area contributed by atoms with Crippen LogP contribution in [0.5, 0.6) is 0 Å². The summed E-state index contributed by atoms with van der Waals surface area (Å²) in [6.07, 6.45) is 1.68. The second-order valence-corrected chi connectivity index (χ2v) is 2.63. The van der Waals surface area contributed by atoms with Gasteiger partial charge < -0.3 is 5.73 Å². The van der Waals surface area contributed by atoms with Gasteiger partial charge in [0.2, 0.25) is 0 Å². The van der Waals surface area contributed by atoms with E-state index >= 15 is 0 Å². The van der Waals surface area contributed by atoms with Gasteiger partial charge in [-0.3, -0.25) is 0 Å². The van der Waals surface area contributed by atoms with Crippen LogP contribution in [-0.2, 0) is 6.54 Å². The third-order valence-electron chi connectivity index (χ3n) is 1.81. The zero-order chi connectivity index (χ0) is 8.39. The zero-order valence-electron chi connectivity index (χ0n) is 6.57. The summed E-state index contributed by atoms with van der Waals surface area (Å²) in [7, 11) is 0. The van der Waals surface area contributed by atoms with Crippen LogP contribution in [0, 0.1) is 0 Å². The zero-order valence-corrected chi connectivity index (χ0v) is 6.57. The predicted octanol–water partition coefficient (Wildman–Crippen LogP) is 1.09. The lowest BCUT2D eigenvalue weighted by atomic mass is 10.1. The fourth-order valence-electron chi connectivity index (χ4n) is 1.16. The summed E-state index contributed by atoms with van der Waals surface area (Å²) in [5.41, 5.74) is 7.54. The van der Waals surface area contributed by atoms with E-state index in [0.29, 0.717) is 6.54 Å². The Hall–Kier alpha value is -1.48. The fraction of sp³-hybridized carbons (Fsp3) is 0.111. The SMILES string of the molecule is NCc1ccc2nnccc2c1. The molecule has 2 rings (SSSR count). The lowest BCUT2D eigenvalue weighted by molar-refractivity contribution is 1.06. The summed E-state index contributed by atoms with van der Waals surface area (Å²) < 4.78 is 0. The molecule has 3 nitrogen and oxygen atoms in total. The molecule has 0 atom stereocenters. The number of rotatable bonds is 1. The summed E-state index contributed by atoms with van der Waals surface area (Å²) in [5, 5.41) is 8.84. The van der Waals surface area contributed by atoms with Crippen molar-refractivity contribution in [1.82, 2.24) is 10.2 Å². The fourth-order valence-corrected chi connectivity index (χ4v) is 1.16. The van der Waals surface area contributed by atoms with E-state index in [-0.39, 0.29) is 0 Å². The van der Waals surface area contributed by atoms with E-state index in [1.54, 1.807) is 6.20 Å². The highest BCUT2D eigenvalue weighted by Crippen LogP contribution is 2.11. The summed E-state index contributed by atoms with van der Waals surface area (Å²) in [6.45, 7) is 0.568. The first-order valence-corrected chi connectivity index (χ1v) is 3.80. The summed E-state index contributed by atoms with van der Waals surface area (Å²) in [4.78, 5) is 0. The molecule has 0 aliphatic heterocycles. The highest BCUT2D eigenvalue weighted by molar-refractivity contribution is 5.78. The maximum Gasteiger partial charge on any atom is 0.0929 e. The average Bonchev–Trinajstić information content (AvgIpc) is 2.17. The highest BCUT2D eigenvalue weighted by Gasteiger charge is 1.94. The average molecular weight is 159 g/mol. The van der Waals surface area contributed by atoms with E-state index in [9.17, 15) is 0 Å². The van der Waals surface area contributed by atoms with Crippen molar-refractivity contribution in [2.45, 2.75) is 6.54 Å². The first-order valence-electron chi connectivity index (χ1n) is 3.80. The van der Waals surface area contributed by atoms with E-state index in [1.165, 1.54) is 0 Å². The van der Waals surface area contributed by atoms with E-state index in [2.05, 4.69) is 10.2 Å². The molecule has 0 radical (unpaired) electrons. The van der Waals surface area contributed by atoms with Crippen molar-refractivity contribution in [2.75, 3.05) is 0 Å². The number of hydrogen-bond donors (Lipinski definition) is 1. The number of fused-ring (bicyclic) bond motifs is 1. The van der Waals surface area contributed by atoms with Crippen molar-refractivity contribution in [3.63, 3.8) is 0 Å². The molecule has 0 spiro atoms. The molecule has 2 N–H and O–H groups in total. The molecular weight excluding hydrogens is 150 g/mol. The second-order valence-electron chi connectivity index (χ2n) is 2.63. The minimum Gasteiger partial charge on any atom is -0.326 e. The number of nitrogens with zero attached hydrogens (tertiary/aromatic N) is 2. The smallest absolute Gasteiger partial charge is 0.0929 e. The number of hydrogen-bond acceptors (Lipinski definition) is 3. The van der Waals surface area contributed by atoms with Crippen molar-refractivity contribution < 1.29 is 0 Å². The van der Waals surface area contributed by atoms with Crippen LogP contribution in [0.3, 0.4) is 0 Å². The second kappa shape index (κ2) is 2.87. The minimum atomic E-state index is 0.568. The Morgan fingerprint density at radius 2 is 2.17 bits per heavy atom. The van der Waals surface area contributed by atoms with Gasteiger partial charge in [0.25, 0.3) is 0 Å². The topological polar surface area (TPSA) is 51.8 Å². The molecule has 0 amide bonds. The molecule has 1 heterocycles. The lowest BCUT2D eigenvalue weighted by Gasteiger charge is -1.98. The van der Waals surface area contributed by atoms with Gasteiger partial charge in [-0.1, -0.05) is 6.07 Å². The van der Waals surface area contributed by atoms with Gasteiger partial charge in [-0.05, 0) is 23.8 Å². The van der Waals surface area contributed by atoms with Gasteiger partial charge in [-0.2, -0.15) is 10.2 Å². The molecule has 0 unspecified atom stereocenters. The normalized spacial score (nSPS) is 10.4. The van der Waals surface area contributed by atoms with Crippen molar-refractivity contribution in [3.05, 3.63) is 36.0 Å². The van der Waals surface area contributed by atoms with Crippen molar-refractivity contribution in [2.24, 2.45) is 5.73 Å². The molecule has 3 heteroatoms. The third kappa shape index (κ3) is 1.14. The molecule has 0 fully saturated rings. The van der Waals surface area contributed by atoms with Crippen molar-refractivity contribution in [3.8, 4) is 0 Å². The van der Waals surface area contributed by atoms with Crippen LogP contribution in [-0.4, -0.2) is 10.2 Å². The molecule has 2 aromatic rings. The van der Waals surface area contributed by atoms with E-state index in [1.807, 2.05) is 24.3 Å². The van der Waals surface area contributed by atoms with Gasteiger partial charge in [-0.25, -0.2) is 0 Å². The highest BCUT2D eigenvalue weighted by atomic mass is 15.1. The maximum absolute atomic E-state index is 5.50. The molecular formula is C9H9N3. The summed E-state index contributed by atoms with van der Waals surface area (Å²) in [5.74, 6) is 0. The third-order valence-corrected chi connectivity index (χ3v) is 1.81. The Bertz CT molecular complexity index is 398. The van der Waals surface area contributed by atoms with Crippen LogP contribution in [0.15, 0.2) is 30.5 Å².